The van der Waals surface area contributed by atoms with Crippen LogP contribution >= 0.6 is 0 Å². The Kier molecular flexibility index (Phi) is 4.81. The third kappa shape index (κ3) is 3.24. The molecule has 2 heteroatoms. The lowest BCUT2D eigenvalue weighted by atomic mass is 10.0. The second-order valence-corrected chi connectivity index (χ2v) is 4.85. The molecule has 1 atom stereocenters. The Morgan fingerprint density at radius 3 is 2.44 bits per heavy atom. The SMILES string of the molecule is CC[C@@H](N)c1ccccc1N(C)CC(C)C. The van der Waals surface area contributed by atoms with E-state index in [-0.39, 0.29) is 6.04 Å². The van der Waals surface area contributed by atoms with Crippen LogP contribution in [-0.4, -0.2) is 13.6 Å². The molecule has 90 valence electrons. The van der Waals surface area contributed by atoms with Crippen molar-refractivity contribution < 1.29 is 0 Å². The zero-order valence-electron chi connectivity index (χ0n) is 10.9. The van der Waals surface area contributed by atoms with Crippen LogP contribution in [0.25, 0.3) is 0 Å². The average molecular weight is 220 g/mol. The van der Waals surface area contributed by atoms with Gasteiger partial charge in [-0.25, -0.2) is 0 Å². The number of anilines is 1. The van der Waals surface area contributed by atoms with Gasteiger partial charge < -0.3 is 10.6 Å². The summed E-state index contributed by atoms with van der Waals surface area (Å²) in [5.74, 6) is 0.663. The smallest absolute Gasteiger partial charge is 0.0412 e. The molecule has 0 fully saturated rings. The molecule has 1 aromatic carbocycles. The van der Waals surface area contributed by atoms with Crippen LogP contribution in [0.5, 0.6) is 0 Å². The van der Waals surface area contributed by atoms with E-state index in [4.69, 9.17) is 5.73 Å². The average Bonchev–Trinajstić information content (AvgIpc) is 2.27. The molecule has 0 amide bonds. The molecule has 0 aliphatic carbocycles. The molecule has 0 saturated carbocycles. The minimum absolute atomic E-state index is 0.144. The van der Waals surface area contributed by atoms with E-state index >= 15 is 0 Å². The molecular weight excluding hydrogens is 196 g/mol. The number of hydrogen-bond acceptors (Lipinski definition) is 2. The lowest BCUT2D eigenvalue weighted by Crippen LogP contribution is -2.25. The van der Waals surface area contributed by atoms with Crippen LogP contribution in [0.3, 0.4) is 0 Å². The van der Waals surface area contributed by atoms with E-state index in [2.05, 4.69) is 57.0 Å². The van der Waals surface area contributed by atoms with Gasteiger partial charge in [-0.15, -0.1) is 0 Å². The number of para-hydroxylation sites is 1. The molecule has 0 saturated heterocycles. The van der Waals surface area contributed by atoms with E-state index in [0.29, 0.717) is 5.92 Å². The fourth-order valence-corrected chi connectivity index (χ4v) is 2.01. The van der Waals surface area contributed by atoms with Crippen LogP contribution in [0.4, 0.5) is 5.69 Å². The fourth-order valence-electron chi connectivity index (χ4n) is 2.01. The largest absolute Gasteiger partial charge is 0.374 e. The van der Waals surface area contributed by atoms with Crippen LogP contribution in [0.15, 0.2) is 24.3 Å². The van der Waals surface area contributed by atoms with E-state index < -0.39 is 0 Å². The summed E-state index contributed by atoms with van der Waals surface area (Å²) in [6, 6.07) is 8.59. The third-order valence-corrected chi connectivity index (χ3v) is 2.83. The number of hydrogen-bond donors (Lipinski definition) is 1. The molecule has 0 aliphatic heterocycles. The number of rotatable bonds is 5. The van der Waals surface area contributed by atoms with E-state index in [1.54, 1.807) is 0 Å². The molecule has 0 spiro atoms. The molecule has 2 N–H and O–H groups in total. The van der Waals surface area contributed by atoms with Gasteiger partial charge in [0.05, 0.1) is 0 Å². The standard InChI is InChI=1S/C14H24N2/c1-5-13(15)12-8-6-7-9-14(12)16(4)10-11(2)3/h6-9,11,13H,5,10,15H2,1-4H3/t13-/m1/s1. The Balaban J connectivity index is 2.93. The molecule has 0 aromatic heterocycles. The molecule has 0 radical (unpaired) electrons. The van der Waals surface area contributed by atoms with Crippen molar-refractivity contribution in [2.45, 2.75) is 33.2 Å². The molecule has 0 bridgehead atoms. The number of nitrogens with two attached hydrogens (primary N) is 1. The highest BCUT2D eigenvalue weighted by Gasteiger charge is 2.12. The van der Waals surface area contributed by atoms with Gasteiger partial charge in [0, 0.05) is 25.3 Å². The molecule has 1 rings (SSSR count). The minimum atomic E-state index is 0.144. The first-order valence-electron chi connectivity index (χ1n) is 6.11. The van der Waals surface area contributed by atoms with E-state index in [9.17, 15) is 0 Å². The summed E-state index contributed by atoms with van der Waals surface area (Å²) in [4.78, 5) is 2.30. The normalized spacial score (nSPS) is 12.9. The van der Waals surface area contributed by atoms with Gasteiger partial charge in [0.1, 0.15) is 0 Å². The van der Waals surface area contributed by atoms with Crippen molar-refractivity contribution >= 4 is 5.69 Å². The van der Waals surface area contributed by atoms with Crippen molar-refractivity contribution in [1.82, 2.24) is 0 Å². The lowest BCUT2D eigenvalue weighted by Gasteiger charge is -2.26. The van der Waals surface area contributed by atoms with Gasteiger partial charge in [0.15, 0.2) is 0 Å². The Hall–Kier alpha value is -1.02. The molecule has 16 heavy (non-hydrogen) atoms. The first-order chi connectivity index (χ1) is 7.56. The molecule has 0 heterocycles. The molecule has 2 nitrogen and oxygen atoms in total. The highest BCUT2D eigenvalue weighted by molar-refractivity contribution is 5.54. The van der Waals surface area contributed by atoms with Crippen LogP contribution < -0.4 is 10.6 Å². The maximum Gasteiger partial charge on any atom is 0.0412 e. The highest BCUT2D eigenvalue weighted by Crippen LogP contribution is 2.26. The van der Waals surface area contributed by atoms with Crippen molar-refractivity contribution in [3.8, 4) is 0 Å². The Morgan fingerprint density at radius 2 is 1.88 bits per heavy atom. The second kappa shape index (κ2) is 5.90. The molecule has 0 aliphatic rings. The van der Waals surface area contributed by atoms with Crippen LogP contribution in [0.1, 0.15) is 38.8 Å². The number of benzene rings is 1. The van der Waals surface area contributed by atoms with Gasteiger partial charge in [0.25, 0.3) is 0 Å². The Bertz CT molecular complexity index is 320. The van der Waals surface area contributed by atoms with Crippen molar-refractivity contribution in [3.05, 3.63) is 29.8 Å². The molecular formula is C14H24N2. The van der Waals surface area contributed by atoms with Gasteiger partial charge >= 0.3 is 0 Å². The Labute approximate surface area is 99.5 Å². The summed E-state index contributed by atoms with van der Waals surface area (Å²) in [5.41, 5.74) is 8.66. The van der Waals surface area contributed by atoms with Crippen LogP contribution in [0, 0.1) is 5.92 Å². The Morgan fingerprint density at radius 1 is 1.25 bits per heavy atom. The topological polar surface area (TPSA) is 29.3 Å². The van der Waals surface area contributed by atoms with E-state index in [1.807, 2.05) is 0 Å². The summed E-state index contributed by atoms with van der Waals surface area (Å²) in [7, 11) is 2.14. The van der Waals surface area contributed by atoms with Crippen molar-refractivity contribution in [3.63, 3.8) is 0 Å². The predicted molar refractivity (Wildman–Crippen MR) is 71.8 cm³/mol. The van der Waals surface area contributed by atoms with Gasteiger partial charge in [0.2, 0.25) is 0 Å². The highest BCUT2D eigenvalue weighted by atomic mass is 15.1. The van der Waals surface area contributed by atoms with Crippen molar-refractivity contribution in [2.24, 2.45) is 11.7 Å². The maximum atomic E-state index is 6.14. The third-order valence-electron chi connectivity index (χ3n) is 2.83. The number of nitrogens with zero attached hydrogens (tertiary/aromatic N) is 1. The summed E-state index contributed by atoms with van der Waals surface area (Å²) >= 11 is 0. The summed E-state index contributed by atoms with van der Waals surface area (Å²) in [5, 5.41) is 0. The van der Waals surface area contributed by atoms with Gasteiger partial charge in [-0.2, -0.15) is 0 Å². The minimum Gasteiger partial charge on any atom is -0.374 e. The summed E-state index contributed by atoms with van der Waals surface area (Å²) < 4.78 is 0. The summed E-state index contributed by atoms with van der Waals surface area (Å²) in [6.45, 7) is 7.66. The van der Waals surface area contributed by atoms with Crippen molar-refractivity contribution in [1.29, 1.82) is 0 Å². The van der Waals surface area contributed by atoms with Gasteiger partial charge in [-0.1, -0.05) is 39.0 Å². The fraction of sp³-hybridized carbons (Fsp3) is 0.571. The lowest BCUT2D eigenvalue weighted by molar-refractivity contribution is 0.630. The second-order valence-electron chi connectivity index (χ2n) is 4.85. The maximum absolute atomic E-state index is 6.14. The monoisotopic (exact) mass is 220 g/mol. The van der Waals surface area contributed by atoms with Crippen molar-refractivity contribution in [2.75, 3.05) is 18.5 Å². The molecule has 0 unspecified atom stereocenters. The first-order valence-corrected chi connectivity index (χ1v) is 6.11. The van der Waals surface area contributed by atoms with Crippen LogP contribution in [-0.2, 0) is 0 Å². The quantitative estimate of drug-likeness (QED) is 0.825. The van der Waals surface area contributed by atoms with E-state index in [0.717, 1.165) is 13.0 Å². The van der Waals surface area contributed by atoms with E-state index in [1.165, 1.54) is 11.3 Å². The summed E-state index contributed by atoms with van der Waals surface area (Å²) in [6.07, 6.45) is 0.979. The zero-order chi connectivity index (χ0) is 12.1. The molecule has 1 aromatic rings. The van der Waals surface area contributed by atoms with Gasteiger partial charge in [-0.05, 0) is 24.0 Å². The van der Waals surface area contributed by atoms with Crippen LogP contribution in [0.2, 0.25) is 0 Å². The zero-order valence-corrected chi connectivity index (χ0v) is 10.9. The predicted octanol–water partition coefficient (Wildman–Crippen LogP) is 3.19. The van der Waals surface area contributed by atoms with Gasteiger partial charge in [-0.3, -0.25) is 0 Å². The first kappa shape index (κ1) is 13.0.